The normalized spacial score (nSPS) is 21.1. The number of amides is 1. The van der Waals surface area contributed by atoms with Gasteiger partial charge in [0.1, 0.15) is 19.3 Å². The molecule has 1 saturated heterocycles. The maximum absolute atomic E-state index is 12.2. The van der Waals surface area contributed by atoms with Gasteiger partial charge in [-0.15, -0.1) is 0 Å². The van der Waals surface area contributed by atoms with Gasteiger partial charge in [-0.1, -0.05) is 48.0 Å². The van der Waals surface area contributed by atoms with Crippen molar-refractivity contribution < 1.29 is 36.8 Å². The zero-order valence-corrected chi connectivity index (χ0v) is 16.9. The number of aryl methyl sites for hydroxylation is 1. The SMILES string of the molecule is Cc1ccc(S(=O)(=O)OC[C@H]2OC(=O)[C@@H](NC(=O)OCc3ccccc3)[C@@H]2O)cc1. The number of esters is 1. The summed E-state index contributed by atoms with van der Waals surface area (Å²) in [5, 5.41) is 12.5. The smallest absolute Gasteiger partial charge is 0.408 e. The molecule has 10 heteroatoms. The van der Waals surface area contributed by atoms with Crippen molar-refractivity contribution in [3.63, 3.8) is 0 Å². The van der Waals surface area contributed by atoms with Crippen LogP contribution in [0.5, 0.6) is 0 Å². The lowest BCUT2D eigenvalue weighted by molar-refractivity contribution is -0.144. The highest BCUT2D eigenvalue weighted by atomic mass is 32.2. The molecule has 0 aliphatic carbocycles. The number of alkyl carbamates (subject to hydrolysis) is 1. The molecular formula is C20H21NO8S. The van der Waals surface area contributed by atoms with Crippen molar-refractivity contribution in [2.24, 2.45) is 0 Å². The largest absolute Gasteiger partial charge is 0.455 e. The van der Waals surface area contributed by atoms with Crippen molar-refractivity contribution >= 4 is 22.2 Å². The Morgan fingerprint density at radius 3 is 2.47 bits per heavy atom. The number of nitrogens with one attached hydrogen (secondary N) is 1. The number of benzene rings is 2. The molecule has 3 atom stereocenters. The van der Waals surface area contributed by atoms with Crippen LogP contribution in [0.3, 0.4) is 0 Å². The van der Waals surface area contributed by atoms with E-state index in [2.05, 4.69) is 5.32 Å². The quantitative estimate of drug-likeness (QED) is 0.492. The number of ether oxygens (including phenoxy) is 2. The first-order chi connectivity index (χ1) is 14.3. The van der Waals surface area contributed by atoms with Crippen molar-refractivity contribution in [2.75, 3.05) is 6.61 Å². The molecule has 0 aromatic heterocycles. The predicted molar refractivity (Wildman–Crippen MR) is 104 cm³/mol. The van der Waals surface area contributed by atoms with Crippen LogP contribution >= 0.6 is 0 Å². The molecule has 3 rings (SSSR count). The van der Waals surface area contributed by atoms with Crippen LogP contribution in [0.15, 0.2) is 59.5 Å². The summed E-state index contributed by atoms with van der Waals surface area (Å²) in [5.74, 6) is -0.916. The van der Waals surface area contributed by atoms with E-state index < -0.39 is 47.0 Å². The Morgan fingerprint density at radius 2 is 1.80 bits per heavy atom. The molecule has 9 nitrogen and oxygen atoms in total. The molecule has 0 saturated carbocycles. The van der Waals surface area contributed by atoms with Gasteiger partial charge in [-0.05, 0) is 24.6 Å². The minimum absolute atomic E-state index is 0.0220. The predicted octanol–water partition coefficient (Wildman–Crippen LogP) is 1.28. The van der Waals surface area contributed by atoms with Gasteiger partial charge in [-0.2, -0.15) is 8.42 Å². The van der Waals surface area contributed by atoms with E-state index in [0.717, 1.165) is 11.1 Å². The summed E-state index contributed by atoms with van der Waals surface area (Å²) >= 11 is 0. The van der Waals surface area contributed by atoms with Crippen molar-refractivity contribution in [1.29, 1.82) is 0 Å². The number of rotatable bonds is 7. The Kier molecular flexibility index (Phi) is 6.70. The zero-order valence-electron chi connectivity index (χ0n) is 16.1. The van der Waals surface area contributed by atoms with Crippen LogP contribution in [0.25, 0.3) is 0 Å². The Labute approximate surface area is 173 Å². The molecule has 1 fully saturated rings. The Morgan fingerprint density at radius 1 is 1.13 bits per heavy atom. The first kappa shape index (κ1) is 21.8. The summed E-state index contributed by atoms with van der Waals surface area (Å²) in [7, 11) is -4.10. The lowest BCUT2D eigenvalue weighted by atomic mass is 10.1. The van der Waals surface area contributed by atoms with E-state index in [4.69, 9.17) is 13.7 Å². The average Bonchev–Trinajstić information content (AvgIpc) is 2.99. The summed E-state index contributed by atoms with van der Waals surface area (Å²) in [6.45, 7) is 1.19. The maximum Gasteiger partial charge on any atom is 0.408 e. The summed E-state index contributed by atoms with van der Waals surface area (Å²) in [6, 6.07) is 13.5. The summed E-state index contributed by atoms with van der Waals surface area (Å²) in [5.41, 5.74) is 1.62. The van der Waals surface area contributed by atoms with Gasteiger partial charge < -0.3 is 19.9 Å². The monoisotopic (exact) mass is 435 g/mol. The average molecular weight is 435 g/mol. The lowest BCUT2D eigenvalue weighted by Gasteiger charge is -2.16. The summed E-state index contributed by atoms with van der Waals surface area (Å²) in [6.07, 6.45) is -3.69. The maximum atomic E-state index is 12.2. The topological polar surface area (TPSA) is 128 Å². The standard InChI is InChI=1S/C20H21NO8S/c1-13-7-9-15(10-8-13)30(25,26)28-12-16-18(22)17(19(23)29-16)21-20(24)27-11-14-5-3-2-4-6-14/h2-10,16-18,22H,11-12H2,1H3,(H,21,24)/t16-,17+,18-/m1/s1. The Hall–Kier alpha value is -2.95. The molecule has 1 aliphatic heterocycles. The number of carbonyl (C=O) groups excluding carboxylic acids is 2. The van der Waals surface area contributed by atoms with Gasteiger partial charge in [-0.25, -0.2) is 9.59 Å². The van der Waals surface area contributed by atoms with E-state index in [-0.39, 0.29) is 11.5 Å². The van der Waals surface area contributed by atoms with Gasteiger partial charge in [0, 0.05) is 0 Å². The van der Waals surface area contributed by atoms with Crippen LogP contribution in [0.4, 0.5) is 4.79 Å². The summed E-state index contributed by atoms with van der Waals surface area (Å²) in [4.78, 5) is 23.8. The van der Waals surface area contributed by atoms with Crippen LogP contribution in [0.2, 0.25) is 0 Å². The molecule has 0 unspecified atom stereocenters. The van der Waals surface area contributed by atoms with Gasteiger partial charge >= 0.3 is 12.1 Å². The van der Waals surface area contributed by atoms with E-state index in [0.29, 0.717) is 0 Å². The van der Waals surface area contributed by atoms with Gasteiger partial charge in [0.05, 0.1) is 4.90 Å². The van der Waals surface area contributed by atoms with Crippen molar-refractivity contribution in [1.82, 2.24) is 5.32 Å². The molecule has 160 valence electrons. The molecular weight excluding hydrogens is 414 g/mol. The highest BCUT2D eigenvalue weighted by Gasteiger charge is 2.45. The van der Waals surface area contributed by atoms with E-state index in [1.807, 2.05) is 13.0 Å². The van der Waals surface area contributed by atoms with E-state index in [1.165, 1.54) is 12.1 Å². The second kappa shape index (κ2) is 9.24. The van der Waals surface area contributed by atoms with Crippen molar-refractivity contribution in [3.05, 3.63) is 65.7 Å². The second-order valence-corrected chi connectivity index (χ2v) is 8.32. The van der Waals surface area contributed by atoms with Crippen molar-refractivity contribution in [3.8, 4) is 0 Å². The lowest BCUT2D eigenvalue weighted by Crippen LogP contribution is -2.47. The number of aliphatic hydroxyl groups excluding tert-OH is 1. The molecule has 2 aromatic rings. The van der Waals surface area contributed by atoms with Gasteiger partial charge in [-0.3, -0.25) is 4.18 Å². The molecule has 30 heavy (non-hydrogen) atoms. The number of hydrogen-bond acceptors (Lipinski definition) is 8. The molecule has 2 N–H and O–H groups in total. The number of hydrogen-bond donors (Lipinski definition) is 2. The van der Waals surface area contributed by atoms with E-state index in [9.17, 15) is 23.1 Å². The first-order valence-electron chi connectivity index (χ1n) is 9.08. The third-order valence-electron chi connectivity index (χ3n) is 4.43. The number of cyclic esters (lactones) is 1. The molecule has 1 amide bonds. The third kappa shape index (κ3) is 5.35. The summed E-state index contributed by atoms with van der Waals surface area (Å²) < 4.78 is 39.3. The highest BCUT2D eigenvalue weighted by Crippen LogP contribution is 2.20. The van der Waals surface area contributed by atoms with Crippen LogP contribution in [-0.2, 0) is 35.2 Å². The van der Waals surface area contributed by atoms with Gasteiger partial charge in [0.2, 0.25) is 0 Å². The number of aliphatic hydroxyl groups is 1. The minimum Gasteiger partial charge on any atom is -0.455 e. The number of carbonyl (C=O) groups is 2. The van der Waals surface area contributed by atoms with Crippen LogP contribution in [0.1, 0.15) is 11.1 Å². The molecule has 2 aromatic carbocycles. The van der Waals surface area contributed by atoms with E-state index in [1.54, 1.807) is 36.4 Å². The van der Waals surface area contributed by atoms with Crippen LogP contribution < -0.4 is 5.32 Å². The fourth-order valence-electron chi connectivity index (χ4n) is 2.74. The Bertz CT molecular complexity index is 991. The van der Waals surface area contributed by atoms with E-state index >= 15 is 0 Å². The Balaban J connectivity index is 1.53. The van der Waals surface area contributed by atoms with Gasteiger partial charge in [0.15, 0.2) is 12.1 Å². The molecule has 1 aliphatic rings. The second-order valence-electron chi connectivity index (χ2n) is 6.70. The molecule has 1 heterocycles. The molecule has 0 spiro atoms. The fraction of sp³-hybridized carbons (Fsp3) is 0.300. The zero-order chi connectivity index (χ0) is 21.7. The first-order valence-corrected chi connectivity index (χ1v) is 10.5. The van der Waals surface area contributed by atoms with Crippen LogP contribution in [0, 0.1) is 6.92 Å². The van der Waals surface area contributed by atoms with Crippen molar-refractivity contribution in [2.45, 2.75) is 36.7 Å². The molecule has 0 radical (unpaired) electrons. The van der Waals surface area contributed by atoms with Crippen LogP contribution in [-0.4, -0.2) is 50.4 Å². The molecule has 0 bridgehead atoms. The minimum atomic E-state index is -4.10. The highest BCUT2D eigenvalue weighted by molar-refractivity contribution is 7.86. The third-order valence-corrected chi connectivity index (χ3v) is 5.72. The fourth-order valence-corrected chi connectivity index (χ4v) is 3.66. The van der Waals surface area contributed by atoms with Gasteiger partial charge in [0.25, 0.3) is 10.1 Å².